The average Bonchev–Trinajstić information content (AvgIpc) is 2.69. The van der Waals surface area contributed by atoms with Gasteiger partial charge in [-0.2, -0.15) is 0 Å². The lowest BCUT2D eigenvalue weighted by Gasteiger charge is -2.38. The van der Waals surface area contributed by atoms with E-state index >= 15 is 0 Å². The van der Waals surface area contributed by atoms with Crippen molar-refractivity contribution in [3.05, 3.63) is 0 Å². The van der Waals surface area contributed by atoms with Crippen LogP contribution in [0.3, 0.4) is 0 Å². The van der Waals surface area contributed by atoms with Crippen molar-refractivity contribution in [3.63, 3.8) is 0 Å². The van der Waals surface area contributed by atoms with E-state index < -0.39 is 5.97 Å². The molecule has 2 amide bonds. The molecule has 0 spiro atoms. The summed E-state index contributed by atoms with van der Waals surface area (Å²) >= 11 is 0. The number of hydrogen-bond donors (Lipinski definition) is 2. The topological polar surface area (TPSA) is 78.9 Å². The second-order valence-corrected chi connectivity index (χ2v) is 6.05. The number of carbonyl (C=O) groups is 2. The third kappa shape index (κ3) is 3.23. The van der Waals surface area contributed by atoms with Gasteiger partial charge in [0.15, 0.2) is 0 Å². The molecule has 6 nitrogen and oxygen atoms in total. The first-order valence-corrected chi connectivity index (χ1v) is 7.34. The van der Waals surface area contributed by atoms with Crippen molar-refractivity contribution >= 4 is 12.0 Å². The van der Waals surface area contributed by atoms with Crippen LogP contribution in [0, 0.1) is 0 Å². The van der Waals surface area contributed by atoms with Crippen LogP contribution in [-0.4, -0.2) is 52.8 Å². The lowest BCUT2D eigenvalue weighted by atomic mass is 9.94. The van der Waals surface area contributed by atoms with Crippen LogP contribution in [0.2, 0.25) is 0 Å². The first kappa shape index (κ1) is 15.1. The second kappa shape index (κ2) is 5.99. The molecule has 0 aromatic rings. The number of carboxylic acids is 1. The molecule has 0 radical (unpaired) electrons. The van der Waals surface area contributed by atoms with Crippen LogP contribution >= 0.6 is 0 Å². The normalized spacial score (nSPS) is 34.0. The summed E-state index contributed by atoms with van der Waals surface area (Å²) in [7, 11) is 0. The van der Waals surface area contributed by atoms with E-state index in [2.05, 4.69) is 5.32 Å². The fraction of sp³-hybridized carbons (Fsp3) is 0.857. The van der Waals surface area contributed by atoms with E-state index in [-0.39, 0.29) is 30.1 Å². The number of aliphatic carboxylic acids is 1. The first-order valence-electron chi connectivity index (χ1n) is 7.34. The summed E-state index contributed by atoms with van der Waals surface area (Å²) in [6, 6.07) is -0.349. The third-order valence-electron chi connectivity index (χ3n) is 4.58. The number of ether oxygens (including phenoxy) is 1. The van der Waals surface area contributed by atoms with E-state index in [0.717, 1.165) is 25.7 Å². The summed E-state index contributed by atoms with van der Waals surface area (Å²) in [5.41, 5.74) is -0.359. The molecule has 6 heteroatoms. The summed E-state index contributed by atoms with van der Waals surface area (Å²) in [5, 5.41) is 12.0. The minimum absolute atomic E-state index is 0.0193. The SMILES string of the molecule is CC1OCCC1(C)NC(=O)N1CCCCC1CC(=O)O. The average molecular weight is 284 g/mol. The Hall–Kier alpha value is -1.30. The Morgan fingerprint density at radius 3 is 2.80 bits per heavy atom. The fourth-order valence-electron chi connectivity index (χ4n) is 3.00. The van der Waals surface area contributed by atoms with Gasteiger partial charge in [0.1, 0.15) is 0 Å². The molecular weight excluding hydrogens is 260 g/mol. The van der Waals surface area contributed by atoms with Crippen molar-refractivity contribution in [1.29, 1.82) is 0 Å². The molecular formula is C14H24N2O4. The van der Waals surface area contributed by atoms with Gasteiger partial charge < -0.3 is 20.1 Å². The molecule has 2 N–H and O–H groups in total. The van der Waals surface area contributed by atoms with Gasteiger partial charge in [-0.05, 0) is 39.5 Å². The van der Waals surface area contributed by atoms with E-state index in [4.69, 9.17) is 9.84 Å². The predicted octanol–water partition coefficient (Wildman–Crippen LogP) is 1.59. The Morgan fingerprint density at radius 2 is 2.20 bits per heavy atom. The third-order valence-corrected chi connectivity index (χ3v) is 4.58. The Morgan fingerprint density at radius 1 is 1.45 bits per heavy atom. The van der Waals surface area contributed by atoms with Crippen molar-refractivity contribution in [2.45, 2.75) is 63.6 Å². The molecule has 0 bridgehead atoms. The number of carbonyl (C=O) groups excluding carboxylic acids is 1. The maximum absolute atomic E-state index is 12.5. The Bertz CT molecular complexity index is 387. The van der Waals surface area contributed by atoms with Gasteiger partial charge in [0.2, 0.25) is 0 Å². The molecule has 3 unspecified atom stereocenters. The van der Waals surface area contributed by atoms with Gasteiger partial charge >= 0.3 is 12.0 Å². The molecule has 2 heterocycles. The van der Waals surface area contributed by atoms with Crippen LogP contribution in [0.25, 0.3) is 0 Å². The van der Waals surface area contributed by atoms with Crippen molar-refractivity contribution in [2.75, 3.05) is 13.2 Å². The van der Waals surface area contributed by atoms with Gasteiger partial charge in [-0.15, -0.1) is 0 Å². The van der Waals surface area contributed by atoms with Crippen LogP contribution < -0.4 is 5.32 Å². The highest BCUT2D eigenvalue weighted by molar-refractivity contribution is 5.77. The molecule has 2 aliphatic heterocycles. The lowest BCUT2D eigenvalue weighted by Crippen LogP contribution is -2.58. The lowest BCUT2D eigenvalue weighted by molar-refractivity contribution is -0.138. The van der Waals surface area contributed by atoms with Crippen LogP contribution in [0.5, 0.6) is 0 Å². The molecule has 20 heavy (non-hydrogen) atoms. The maximum Gasteiger partial charge on any atom is 0.318 e. The highest BCUT2D eigenvalue weighted by Gasteiger charge is 2.40. The van der Waals surface area contributed by atoms with Crippen LogP contribution in [0.1, 0.15) is 46.0 Å². The highest BCUT2D eigenvalue weighted by atomic mass is 16.5. The number of nitrogens with zero attached hydrogens (tertiary/aromatic N) is 1. The zero-order valence-electron chi connectivity index (χ0n) is 12.2. The summed E-state index contributed by atoms with van der Waals surface area (Å²) in [6.07, 6.45) is 3.48. The number of carboxylic acid groups (broad SMARTS) is 1. The predicted molar refractivity (Wildman–Crippen MR) is 73.6 cm³/mol. The van der Waals surface area contributed by atoms with Gasteiger partial charge in [0, 0.05) is 19.2 Å². The minimum Gasteiger partial charge on any atom is -0.481 e. The van der Waals surface area contributed by atoms with E-state index in [1.54, 1.807) is 4.90 Å². The van der Waals surface area contributed by atoms with E-state index in [1.165, 1.54) is 0 Å². The fourth-order valence-corrected chi connectivity index (χ4v) is 3.00. The number of hydrogen-bond acceptors (Lipinski definition) is 3. The number of amides is 2. The molecule has 3 atom stereocenters. The van der Waals surface area contributed by atoms with Crippen LogP contribution in [0.4, 0.5) is 4.79 Å². The molecule has 0 aromatic heterocycles. The zero-order valence-corrected chi connectivity index (χ0v) is 12.2. The number of urea groups is 1. The number of rotatable bonds is 3. The number of piperidine rings is 1. The highest BCUT2D eigenvalue weighted by Crippen LogP contribution is 2.27. The molecule has 2 fully saturated rings. The van der Waals surface area contributed by atoms with Crippen LogP contribution in [-0.2, 0) is 9.53 Å². The minimum atomic E-state index is -0.849. The second-order valence-electron chi connectivity index (χ2n) is 6.05. The van der Waals surface area contributed by atoms with Gasteiger partial charge in [-0.3, -0.25) is 4.79 Å². The maximum atomic E-state index is 12.5. The summed E-state index contributed by atoms with van der Waals surface area (Å²) < 4.78 is 5.52. The van der Waals surface area contributed by atoms with Gasteiger partial charge in [0.25, 0.3) is 0 Å². The van der Waals surface area contributed by atoms with Crippen molar-refractivity contribution in [3.8, 4) is 0 Å². The number of likely N-dealkylation sites (tertiary alicyclic amines) is 1. The molecule has 2 rings (SSSR count). The van der Waals surface area contributed by atoms with Crippen LogP contribution in [0.15, 0.2) is 0 Å². The molecule has 0 saturated carbocycles. The molecule has 2 aliphatic rings. The molecule has 0 aromatic carbocycles. The Balaban J connectivity index is 2.00. The van der Waals surface area contributed by atoms with Crippen molar-refractivity contribution in [2.24, 2.45) is 0 Å². The standard InChI is InChI=1S/C14H24N2O4/c1-10-14(2,6-8-20-10)15-13(19)16-7-4-3-5-11(16)9-12(17)18/h10-11H,3-9H2,1-2H3,(H,15,19)(H,17,18). The Kier molecular flexibility index (Phi) is 4.52. The van der Waals surface area contributed by atoms with E-state index in [0.29, 0.717) is 13.2 Å². The quantitative estimate of drug-likeness (QED) is 0.825. The molecule has 114 valence electrons. The van der Waals surface area contributed by atoms with E-state index in [1.807, 2.05) is 13.8 Å². The largest absolute Gasteiger partial charge is 0.481 e. The zero-order chi connectivity index (χ0) is 14.8. The van der Waals surface area contributed by atoms with Crippen molar-refractivity contribution in [1.82, 2.24) is 10.2 Å². The summed E-state index contributed by atoms with van der Waals surface area (Å²) in [4.78, 5) is 25.1. The van der Waals surface area contributed by atoms with E-state index in [9.17, 15) is 9.59 Å². The summed E-state index contributed by atoms with van der Waals surface area (Å²) in [6.45, 7) is 5.22. The molecule has 0 aliphatic carbocycles. The van der Waals surface area contributed by atoms with Crippen molar-refractivity contribution < 1.29 is 19.4 Å². The summed E-state index contributed by atoms with van der Waals surface area (Å²) in [5.74, 6) is -0.849. The van der Waals surface area contributed by atoms with Gasteiger partial charge in [0.05, 0.1) is 18.1 Å². The Labute approximate surface area is 119 Å². The number of nitrogens with one attached hydrogen (secondary N) is 1. The van der Waals surface area contributed by atoms with Gasteiger partial charge in [-0.25, -0.2) is 4.79 Å². The smallest absolute Gasteiger partial charge is 0.318 e. The van der Waals surface area contributed by atoms with Gasteiger partial charge in [-0.1, -0.05) is 0 Å². The first-order chi connectivity index (χ1) is 9.42. The monoisotopic (exact) mass is 284 g/mol. The molecule has 2 saturated heterocycles.